The SMILES string of the molecule is CC(CCN1CCOCC1)NC1CCC1. The zero-order chi connectivity index (χ0) is 10.5. The summed E-state index contributed by atoms with van der Waals surface area (Å²) in [6, 6.07) is 1.50. The van der Waals surface area contributed by atoms with Gasteiger partial charge in [-0.2, -0.15) is 0 Å². The minimum Gasteiger partial charge on any atom is -0.379 e. The summed E-state index contributed by atoms with van der Waals surface area (Å²) in [6.07, 6.45) is 5.48. The van der Waals surface area contributed by atoms with Gasteiger partial charge in [0.1, 0.15) is 0 Å². The lowest BCUT2D eigenvalue weighted by Gasteiger charge is -2.32. The maximum absolute atomic E-state index is 5.34. The molecule has 1 saturated carbocycles. The minimum atomic E-state index is 0.679. The van der Waals surface area contributed by atoms with Gasteiger partial charge in [-0.1, -0.05) is 6.42 Å². The molecule has 15 heavy (non-hydrogen) atoms. The molecule has 0 spiro atoms. The van der Waals surface area contributed by atoms with Gasteiger partial charge in [0.15, 0.2) is 0 Å². The molecule has 0 radical (unpaired) electrons. The van der Waals surface area contributed by atoms with E-state index in [0.717, 1.165) is 32.3 Å². The maximum Gasteiger partial charge on any atom is 0.0594 e. The van der Waals surface area contributed by atoms with Crippen LogP contribution in [0.5, 0.6) is 0 Å². The molecule has 1 unspecified atom stereocenters. The van der Waals surface area contributed by atoms with E-state index in [1.54, 1.807) is 0 Å². The van der Waals surface area contributed by atoms with Gasteiger partial charge in [-0.05, 0) is 32.7 Å². The summed E-state index contributed by atoms with van der Waals surface area (Å²) in [7, 11) is 0. The molecule has 1 aliphatic heterocycles. The Labute approximate surface area is 93.2 Å². The Hall–Kier alpha value is -0.120. The van der Waals surface area contributed by atoms with Gasteiger partial charge in [-0.15, -0.1) is 0 Å². The van der Waals surface area contributed by atoms with Crippen molar-refractivity contribution in [1.82, 2.24) is 10.2 Å². The van der Waals surface area contributed by atoms with Crippen LogP contribution in [0.2, 0.25) is 0 Å². The molecule has 0 bridgehead atoms. The van der Waals surface area contributed by atoms with Crippen molar-refractivity contribution in [2.24, 2.45) is 0 Å². The van der Waals surface area contributed by atoms with E-state index in [9.17, 15) is 0 Å². The largest absolute Gasteiger partial charge is 0.379 e. The van der Waals surface area contributed by atoms with Crippen LogP contribution in [0.25, 0.3) is 0 Å². The molecule has 1 aliphatic carbocycles. The number of morpholine rings is 1. The van der Waals surface area contributed by atoms with E-state index in [0.29, 0.717) is 6.04 Å². The Morgan fingerprint density at radius 1 is 1.33 bits per heavy atom. The second kappa shape index (κ2) is 5.83. The molecule has 0 aromatic rings. The van der Waals surface area contributed by atoms with Crippen LogP contribution in [0.15, 0.2) is 0 Å². The summed E-state index contributed by atoms with van der Waals surface area (Å²) >= 11 is 0. The summed E-state index contributed by atoms with van der Waals surface area (Å²) in [4.78, 5) is 2.52. The van der Waals surface area contributed by atoms with Gasteiger partial charge >= 0.3 is 0 Å². The van der Waals surface area contributed by atoms with Crippen LogP contribution in [-0.2, 0) is 4.74 Å². The van der Waals surface area contributed by atoms with Crippen molar-refractivity contribution >= 4 is 0 Å². The number of nitrogens with zero attached hydrogens (tertiary/aromatic N) is 1. The highest BCUT2D eigenvalue weighted by atomic mass is 16.5. The third-order valence-electron chi connectivity index (χ3n) is 3.61. The highest BCUT2D eigenvalue weighted by Gasteiger charge is 2.19. The van der Waals surface area contributed by atoms with Crippen LogP contribution < -0.4 is 5.32 Å². The molecule has 2 fully saturated rings. The van der Waals surface area contributed by atoms with Crippen molar-refractivity contribution < 1.29 is 4.74 Å². The van der Waals surface area contributed by atoms with Gasteiger partial charge in [-0.3, -0.25) is 4.90 Å². The van der Waals surface area contributed by atoms with E-state index in [1.165, 1.54) is 32.2 Å². The average Bonchev–Trinajstić information content (AvgIpc) is 2.22. The van der Waals surface area contributed by atoms with Crippen molar-refractivity contribution in [3.8, 4) is 0 Å². The van der Waals surface area contributed by atoms with Crippen molar-refractivity contribution in [2.45, 2.75) is 44.7 Å². The standard InChI is InChI=1S/C12H24N2O/c1-11(13-12-3-2-4-12)5-6-14-7-9-15-10-8-14/h11-13H,2-10H2,1H3. The summed E-state index contributed by atoms with van der Waals surface area (Å²) in [6.45, 7) is 7.63. The summed E-state index contributed by atoms with van der Waals surface area (Å²) < 4.78 is 5.34. The Morgan fingerprint density at radius 3 is 2.67 bits per heavy atom. The molecule has 1 heterocycles. The maximum atomic E-state index is 5.34. The zero-order valence-corrected chi connectivity index (χ0v) is 9.87. The second-order valence-electron chi connectivity index (χ2n) is 4.94. The lowest BCUT2D eigenvalue weighted by atomic mass is 9.92. The van der Waals surface area contributed by atoms with Gasteiger partial charge in [-0.25, -0.2) is 0 Å². The van der Waals surface area contributed by atoms with Gasteiger partial charge in [0, 0.05) is 25.2 Å². The molecule has 1 saturated heterocycles. The smallest absolute Gasteiger partial charge is 0.0594 e. The molecule has 2 rings (SSSR count). The molecular weight excluding hydrogens is 188 g/mol. The first-order valence-electron chi connectivity index (χ1n) is 6.41. The van der Waals surface area contributed by atoms with Crippen LogP contribution in [0.1, 0.15) is 32.6 Å². The van der Waals surface area contributed by atoms with Crippen LogP contribution in [0, 0.1) is 0 Å². The third-order valence-corrected chi connectivity index (χ3v) is 3.61. The number of ether oxygens (including phenoxy) is 1. The first-order valence-corrected chi connectivity index (χ1v) is 6.41. The summed E-state index contributed by atoms with van der Waals surface area (Å²) in [5.41, 5.74) is 0. The molecule has 1 atom stereocenters. The molecule has 0 aromatic carbocycles. The van der Waals surface area contributed by atoms with E-state index < -0.39 is 0 Å². The van der Waals surface area contributed by atoms with Gasteiger partial charge in [0.2, 0.25) is 0 Å². The fourth-order valence-corrected chi connectivity index (χ4v) is 2.26. The Kier molecular flexibility index (Phi) is 4.42. The van der Waals surface area contributed by atoms with Gasteiger partial charge in [0.05, 0.1) is 13.2 Å². The van der Waals surface area contributed by atoms with E-state index in [2.05, 4.69) is 17.1 Å². The highest BCUT2D eigenvalue weighted by molar-refractivity contribution is 4.79. The number of rotatable bonds is 5. The van der Waals surface area contributed by atoms with Crippen LogP contribution >= 0.6 is 0 Å². The Balaban J connectivity index is 1.55. The van der Waals surface area contributed by atoms with Crippen LogP contribution in [0.4, 0.5) is 0 Å². The van der Waals surface area contributed by atoms with Crippen molar-refractivity contribution in [2.75, 3.05) is 32.8 Å². The van der Waals surface area contributed by atoms with E-state index in [-0.39, 0.29) is 0 Å². The molecule has 0 aromatic heterocycles. The van der Waals surface area contributed by atoms with E-state index in [1.807, 2.05) is 0 Å². The molecular formula is C12H24N2O. The number of hydrogen-bond acceptors (Lipinski definition) is 3. The highest BCUT2D eigenvalue weighted by Crippen LogP contribution is 2.19. The molecule has 2 aliphatic rings. The minimum absolute atomic E-state index is 0.679. The topological polar surface area (TPSA) is 24.5 Å². The molecule has 88 valence electrons. The van der Waals surface area contributed by atoms with Crippen molar-refractivity contribution in [3.05, 3.63) is 0 Å². The van der Waals surface area contributed by atoms with Crippen molar-refractivity contribution in [1.29, 1.82) is 0 Å². The lowest BCUT2D eigenvalue weighted by Crippen LogP contribution is -2.43. The predicted molar refractivity (Wildman–Crippen MR) is 62.1 cm³/mol. The summed E-state index contributed by atoms with van der Waals surface area (Å²) in [5.74, 6) is 0. The first kappa shape index (κ1) is 11.4. The van der Waals surface area contributed by atoms with E-state index in [4.69, 9.17) is 4.74 Å². The lowest BCUT2D eigenvalue weighted by molar-refractivity contribution is 0.0360. The fraction of sp³-hybridized carbons (Fsp3) is 1.00. The normalized spacial score (nSPS) is 26.2. The van der Waals surface area contributed by atoms with E-state index >= 15 is 0 Å². The van der Waals surface area contributed by atoms with Crippen molar-refractivity contribution in [3.63, 3.8) is 0 Å². The third kappa shape index (κ3) is 3.74. The monoisotopic (exact) mass is 212 g/mol. The molecule has 1 N–H and O–H groups in total. The predicted octanol–water partition coefficient (Wildman–Crippen LogP) is 1.24. The van der Waals surface area contributed by atoms with Crippen LogP contribution in [-0.4, -0.2) is 49.8 Å². The molecule has 3 heteroatoms. The van der Waals surface area contributed by atoms with Crippen LogP contribution in [0.3, 0.4) is 0 Å². The van der Waals surface area contributed by atoms with Gasteiger partial charge in [0.25, 0.3) is 0 Å². The second-order valence-corrected chi connectivity index (χ2v) is 4.94. The zero-order valence-electron chi connectivity index (χ0n) is 9.87. The quantitative estimate of drug-likeness (QED) is 0.742. The average molecular weight is 212 g/mol. The fourth-order valence-electron chi connectivity index (χ4n) is 2.26. The number of hydrogen-bond donors (Lipinski definition) is 1. The molecule has 0 amide bonds. The first-order chi connectivity index (χ1) is 7.34. The summed E-state index contributed by atoms with van der Waals surface area (Å²) in [5, 5.41) is 3.70. The van der Waals surface area contributed by atoms with Gasteiger partial charge < -0.3 is 10.1 Å². The molecule has 3 nitrogen and oxygen atoms in total. The Morgan fingerprint density at radius 2 is 2.07 bits per heavy atom. The Bertz CT molecular complexity index is 176. The number of nitrogens with one attached hydrogen (secondary N) is 1.